The molecular weight excluding hydrogens is 583 g/mol. The normalized spacial score (nSPS) is 11.8. The minimum atomic E-state index is 0.910. The van der Waals surface area contributed by atoms with Gasteiger partial charge in [-0.2, -0.15) is 0 Å². The van der Waals surface area contributed by atoms with Crippen molar-refractivity contribution in [2.24, 2.45) is 0 Å². The Morgan fingerprint density at radius 1 is 0.354 bits per heavy atom. The molecule has 2 heterocycles. The van der Waals surface area contributed by atoms with E-state index in [9.17, 15) is 0 Å². The second-order valence-corrected chi connectivity index (χ2v) is 12.5. The molecule has 2 aromatic heterocycles. The minimum Gasteiger partial charge on any atom is -0.456 e. The number of para-hydroxylation sites is 2. The largest absolute Gasteiger partial charge is 0.456 e. The highest BCUT2D eigenvalue weighted by Gasteiger charge is 2.19. The number of hydrogen-bond acceptors (Lipinski definition) is 1. The molecule has 10 rings (SSSR count). The van der Waals surface area contributed by atoms with E-state index in [1.807, 2.05) is 6.07 Å². The zero-order valence-corrected chi connectivity index (χ0v) is 26.1. The third-order valence-electron chi connectivity index (χ3n) is 9.74. The van der Waals surface area contributed by atoms with Crippen LogP contribution in [0, 0.1) is 0 Å². The molecule has 0 saturated carbocycles. The van der Waals surface area contributed by atoms with E-state index < -0.39 is 0 Å². The van der Waals surface area contributed by atoms with E-state index in [4.69, 9.17) is 4.42 Å². The molecule has 2 nitrogen and oxygen atoms in total. The van der Waals surface area contributed by atoms with Gasteiger partial charge in [-0.15, -0.1) is 0 Å². The fourth-order valence-electron chi connectivity index (χ4n) is 7.56. The van der Waals surface area contributed by atoms with Gasteiger partial charge in [-0.25, -0.2) is 0 Å². The molecule has 0 amide bonds. The van der Waals surface area contributed by atoms with E-state index in [1.54, 1.807) is 0 Å². The van der Waals surface area contributed by atoms with E-state index in [-0.39, 0.29) is 0 Å². The summed E-state index contributed by atoms with van der Waals surface area (Å²) in [6.45, 7) is 0. The lowest BCUT2D eigenvalue weighted by atomic mass is 9.93. The molecular formula is C46H29NO. The van der Waals surface area contributed by atoms with Gasteiger partial charge in [0.2, 0.25) is 0 Å². The van der Waals surface area contributed by atoms with E-state index in [0.29, 0.717) is 0 Å². The van der Waals surface area contributed by atoms with Gasteiger partial charge in [0.05, 0.1) is 11.0 Å². The lowest BCUT2D eigenvalue weighted by Gasteiger charge is -2.14. The van der Waals surface area contributed by atoms with Crippen molar-refractivity contribution in [2.75, 3.05) is 0 Å². The van der Waals surface area contributed by atoms with Crippen molar-refractivity contribution in [3.63, 3.8) is 0 Å². The molecule has 0 saturated heterocycles. The van der Waals surface area contributed by atoms with E-state index in [1.165, 1.54) is 66.0 Å². The van der Waals surface area contributed by atoms with Crippen molar-refractivity contribution >= 4 is 54.5 Å². The number of hydrogen-bond donors (Lipinski definition) is 0. The summed E-state index contributed by atoms with van der Waals surface area (Å²) in [5.41, 5.74) is 12.5. The Kier molecular flexibility index (Phi) is 5.91. The van der Waals surface area contributed by atoms with Gasteiger partial charge in [-0.1, -0.05) is 127 Å². The molecule has 48 heavy (non-hydrogen) atoms. The van der Waals surface area contributed by atoms with Gasteiger partial charge in [0.25, 0.3) is 0 Å². The summed E-state index contributed by atoms with van der Waals surface area (Å²) in [5, 5.41) is 7.19. The predicted octanol–water partition coefficient (Wildman–Crippen LogP) is 12.8. The average Bonchev–Trinajstić information content (AvgIpc) is 3.71. The summed E-state index contributed by atoms with van der Waals surface area (Å²) in [5.74, 6) is 0. The van der Waals surface area contributed by atoms with E-state index >= 15 is 0 Å². The maximum absolute atomic E-state index is 6.39. The van der Waals surface area contributed by atoms with E-state index in [0.717, 1.165) is 27.6 Å². The van der Waals surface area contributed by atoms with Crippen LogP contribution in [0.4, 0.5) is 0 Å². The smallest absolute Gasteiger partial charge is 0.136 e. The van der Waals surface area contributed by atoms with Crippen molar-refractivity contribution < 1.29 is 4.42 Å². The Labute approximate surface area is 277 Å². The first-order chi connectivity index (χ1) is 23.8. The second kappa shape index (κ2) is 10.6. The van der Waals surface area contributed by atoms with Crippen molar-refractivity contribution in [1.29, 1.82) is 0 Å². The minimum absolute atomic E-state index is 0.910. The molecule has 10 aromatic rings. The second-order valence-electron chi connectivity index (χ2n) is 12.5. The van der Waals surface area contributed by atoms with Crippen molar-refractivity contribution in [1.82, 2.24) is 4.57 Å². The van der Waals surface area contributed by atoms with Crippen LogP contribution in [0.25, 0.3) is 93.6 Å². The van der Waals surface area contributed by atoms with Gasteiger partial charge in [0.15, 0.2) is 0 Å². The van der Waals surface area contributed by atoms with Crippen molar-refractivity contribution in [3.05, 3.63) is 176 Å². The maximum Gasteiger partial charge on any atom is 0.136 e. The Bertz CT molecular complexity index is 2760. The third-order valence-corrected chi connectivity index (χ3v) is 9.74. The SMILES string of the molecule is c1ccc(-c2cc(-c3ccccc3)cc(-c3cccc(-n4c5ccccc5c5ccc6ccc7oc8ccccc8c7c6c54)c3)c2)cc1. The highest BCUT2D eigenvalue weighted by Crippen LogP contribution is 2.43. The summed E-state index contributed by atoms with van der Waals surface area (Å²) in [6, 6.07) is 63.3. The van der Waals surface area contributed by atoms with Crippen molar-refractivity contribution in [2.45, 2.75) is 0 Å². The first-order valence-electron chi connectivity index (χ1n) is 16.4. The average molecular weight is 612 g/mol. The maximum atomic E-state index is 6.39. The Balaban J connectivity index is 1.27. The van der Waals surface area contributed by atoms with Crippen LogP contribution in [0.3, 0.4) is 0 Å². The summed E-state index contributed by atoms with van der Waals surface area (Å²) >= 11 is 0. The van der Waals surface area contributed by atoms with Gasteiger partial charge >= 0.3 is 0 Å². The van der Waals surface area contributed by atoms with E-state index in [2.05, 4.69) is 174 Å². The van der Waals surface area contributed by atoms with Crippen molar-refractivity contribution in [3.8, 4) is 39.1 Å². The fraction of sp³-hybridized carbons (Fsp3) is 0. The standard InChI is InChI=1S/C46H29NO/c1-3-12-30(13-4-1)34-26-35(31-14-5-2-6-15-31)28-36(27-34)33-16-11-17-37(29-33)47-41-20-9-7-18-38(41)39-24-22-32-23-25-43-45(44(32)46(39)47)40-19-8-10-21-42(40)48-43/h1-29H. The molecule has 2 heteroatoms. The number of furan rings is 1. The molecule has 0 spiro atoms. The molecule has 0 fully saturated rings. The fourth-order valence-corrected chi connectivity index (χ4v) is 7.56. The van der Waals surface area contributed by atoms with Crippen LogP contribution in [-0.4, -0.2) is 4.57 Å². The summed E-state index contributed by atoms with van der Waals surface area (Å²) in [6.07, 6.45) is 0. The number of fused-ring (bicyclic) bond motifs is 9. The Morgan fingerprint density at radius 3 is 1.71 bits per heavy atom. The van der Waals surface area contributed by atoms with Gasteiger partial charge in [0.1, 0.15) is 11.2 Å². The highest BCUT2D eigenvalue weighted by molar-refractivity contribution is 6.29. The lowest BCUT2D eigenvalue weighted by Crippen LogP contribution is -1.95. The van der Waals surface area contributed by atoms with Gasteiger partial charge < -0.3 is 8.98 Å². The first-order valence-corrected chi connectivity index (χ1v) is 16.4. The number of benzene rings is 8. The monoisotopic (exact) mass is 611 g/mol. The quantitative estimate of drug-likeness (QED) is 0.194. The van der Waals surface area contributed by atoms with Crippen LogP contribution < -0.4 is 0 Å². The molecule has 0 atom stereocenters. The molecule has 224 valence electrons. The number of aromatic nitrogens is 1. The predicted molar refractivity (Wildman–Crippen MR) is 202 cm³/mol. The number of nitrogens with zero attached hydrogens (tertiary/aromatic N) is 1. The molecule has 0 radical (unpaired) electrons. The molecule has 0 unspecified atom stereocenters. The van der Waals surface area contributed by atoms with Gasteiger partial charge in [0, 0.05) is 32.6 Å². The molecule has 0 aliphatic rings. The molecule has 0 aliphatic carbocycles. The van der Waals surface area contributed by atoms with Crippen LogP contribution in [0.5, 0.6) is 0 Å². The summed E-state index contributed by atoms with van der Waals surface area (Å²) in [7, 11) is 0. The Morgan fingerprint density at radius 2 is 0.958 bits per heavy atom. The van der Waals surface area contributed by atoms with Gasteiger partial charge in [-0.05, 0) is 87.3 Å². The zero-order valence-electron chi connectivity index (χ0n) is 26.1. The van der Waals surface area contributed by atoms with Crippen LogP contribution in [0.15, 0.2) is 180 Å². The summed E-state index contributed by atoms with van der Waals surface area (Å²) in [4.78, 5) is 0. The van der Waals surface area contributed by atoms with Crippen LogP contribution >= 0.6 is 0 Å². The van der Waals surface area contributed by atoms with Crippen LogP contribution in [-0.2, 0) is 0 Å². The van der Waals surface area contributed by atoms with Crippen LogP contribution in [0.2, 0.25) is 0 Å². The molecule has 8 aromatic carbocycles. The lowest BCUT2D eigenvalue weighted by molar-refractivity contribution is 0.669. The molecule has 0 N–H and O–H groups in total. The van der Waals surface area contributed by atoms with Gasteiger partial charge in [-0.3, -0.25) is 0 Å². The van der Waals surface area contributed by atoms with Crippen LogP contribution in [0.1, 0.15) is 0 Å². The molecule has 0 bridgehead atoms. The third kappa shape index (κ3) is 4.13. The Hall–Kier alpha value is -6.38. The topological polar surface area (TPSA) is 18.1 Å². The first kappa shape index (κ1) is 26.8. The summed E-state index contributed by atoms with van der Waals surface area (Å²) < 4.78 is 8.85. The highest BCUT2D eigenvalue weighted by atomic mass is 16.3. The number of rotatable bonds is 4. The zero-order chi connectivity index (χ0) is 31.6. The molecule has 0 aliphatic heterocycles.